The molecule has 0 aromatic carbocycles. The van der Waals surface area contributed by atoms with Crippen LogP contribution in [0.1, 0.15) is 46.0 Å². The molecule has 1 aliphatic carbocycles. The van der Waals surface area contributed by atoms with Crippen molar-refractivity contribution in [2.24, 2.45) is 11.8 Å². The minimum atomic E-state index is 0.771. The molecule has 1 fully saturated rings. The van der Waals surface area contributed by atoms with Crippen molar-refractivity contribution in [2.75, 3.05) is 0 Å². The first kappa shape index (κ1) is 9.57. The maximum Gasteiger partial charge on any atom is 0.0171 e. The fourth-order valence-corrected chi connectivity index (χ4v) is 2.26. The molecule has 0 spiro atoms. The molecule has 0 saturated heterocycles. The largest absolute Gasteiger partial charge is 0.0888 e. The molecular weight excluding hydrogens is 200 g/mol. The molecule has 2 atom stereocenters. The highest BCUT2D eigenvalue weighted by molar-refractivity contribution is 9.09. The standard InChI is InChI=1S/C10H19Br/c1-3-4-10(11)8(2)7-9-5-6-9/h8-10H,3-7H2,1-2H3. The van der Waals surface area contributed by atoms with Gasteiger partial charge in [0.25, 0.3) is 0 Å². The van der Waals surface area contributed by atoms with Gasteiger partial charge in [-0.15, -0.1) is 0 Å². The number of rotatable bonds is 5. The molecule has 1 saturated carbocycles. The summed E-state index contributed by atoms with van der Waals surface area (Å²) >= 11 is 3.76. The van der Waals surface area contributed by atoms with Gasteiger partial charge in [-0.05, 0) is 24.7 Å². The number of halogens is 1. The van der Waals surface area contributed by atoms with E-state index in [0.717, 1.165) is 16.7 Å². The van der Waals surface area contributed by atoms with Crippen molar-refractivity contribution in [1.82, 2.24) is 0 Å². The van der Waals surface area contributed by atoms with E-state index in [2.05, 4.69) is 29.8 Å². The number of alkyl halides is 1. The molecule has 2 unspecified atom stereocenters. The second-order valence-electron chi connectivity index (χ2n) is 3.96. The van der Waals surface area contributed by atoms with Gasteiger partial charge in [0.2, 0.25) is 0 Å². The predicted octanol–water partition coefficient (Wildman–Crippen LogP) is 3.99. The van der Waals surface area contributed by atoms with E-state index in [1.165, 1.54) is 32.1 Å². The number of hydrogen-bond donors (Lipinski definition) is 0. The monoisotopic (exact) mass is 218 g/mol. The van der Waals surface area contributed by atoms with Crippen LogP contribution in [0.3, 0.4) is 0 Å². The minimum absolute atomic E-state index is 0.771. The van der Waals surface area contributed by atoms with Crippen LogP contribution in [-0.2, 0) is 0 Å². The molecule has 0 aromatic rings. The first-order valence-corrected chi connectivity index (χ1v) is 5.79. The van der Waals surface area contributed by atoms with Gasteiger partial charge < -0.3 is 0 Å². The zero-order valence-corrected chi connectivity index (χ0v) is 9.23. The quantitative estimate of drug-likeness (QED) is 0.613. The minimum Gasteiger partial charge on any atom is -0.0888 e. The Balaban J connectivity index is 2.10. The van der Waals surface area contributed by atoms with Crippen molar-refractivity contribution < 1.29 is 0 Å². The van der Waals surface area contributed by atoms with Crippen molar-refractivity contribution in [3.05, 3.63) is 0 Å². The second-order valence-corrected chi connectivity index (χ2v) is 5.14. The van der Waals surface area contributed by atoms with Crippen LogP contribution in [0.5, 0.6) is 0 Å². The molecule has 0 bridgehead atoms. The van der Waals surface area contributed by atoms with Gasteiger partial charge in [-0.1, -0.05) is 49.0 Å². The molecule has 0 heterocycles. The van der Waals surface area contributed by atoms with E-state index < -0.39 is 0 Å². The second kappa shape index (κ2) is 4.49. The third kappa shape index (κ3) is 3.59. The fourth-order valence-electron chi connectivity index (χ4n) is 1.59. The zero-order chi connectivity index (χ0) is 8.27. The van der Waals surface area contributed by atoms with E-state index >= 15 is 0 Å². The van der Waals surface area contributed by atoms with E-state index in [0.29, 0.717) is 0 Å². The van der Waals surface area contributed by atoms with Crippen LogP contribution < -0.4 is 0 Å². The summed E-state index contributed by atoms with van der Waals surface area (Å²) in [5, 5.41) is 0. The van der Waals surface area contributed by atoms with Crippen LogP contribution in [-0.4, -0.2) is 4.83 Å². The lowest BCUT2D eigenvalue weighted by atomic mass is 9.98. The SMILES string of the molecule is CCCC(Br)C(C)CC1CC1. The Kier molecular flexibility index (Phi) is 3.91. The van der Waals surface area contributed by atoms with Gasteiger partial charge in [-0.2, -0.15) is 0 Å². The summed E-state index contributed by atoms with van der Waals surface area (Å²) in [6, 6.07) is 0. The third-order valence-electron chi connectivity index (χ3n) is 2.58. The Morgan fingerprint density at radius 2 is 2.09 bits per heavy atom. The van der Waals surface area contributed by atoms with Gasteiger partial charge >= 0.3 is 0 Å². The summed E-state index contributed by atoms with van der Waals surface area (Å²) in [4.78, 5) is 0.771. The molecule has 0 amide bonds. The summed E-state index contributed by atoms with van der Waals surface area (Å²) in [7, 11) is 0. The lowest BCUT2D eigenvalue weighted by Crippen LogP contribution is -2.10. The Bertz CT molecular complexity index is 107. The smallest absolute Gasteiger partial charge is 0.0171 e. The van der Waals surface area contributed by atoms with E-state index in [1.54, 1.807) is 0 Å². The summed E-state index contributed by atoms with van der Waals surface area (Å²) < 4.78 is 0. The molecule has 0 radical (unpaired) electrons. The summed E-state index contributed by atoms with van der Waals surface area (Å²) in [5.41, 5.74) is 0. The van der Waals surface area contributed by atoms with Crippen molar-refractivity contribution in [3.8, 4) is 0 Å². The highest BCUT2D eigenvalue weighted by Crippen LogP contribution is 2.37. The molecule has 0 aromatic heterocycles. The van der Waals surface area contributed by atoms with Gasteiger partial charge in [-0.3, -0.25) is 0 Å². The molecule has 0 aliphatic heterocycles. The van der Waals surface area contributed by atoms with Crippen LogP contribution in [0, 0.1) is 11.8 Å². The molecule has 0 nitrogen and oxygen atoms in total. The highest BCUT2D eigenvalue weighted by Gasteiger charge is 2.25. The van der Waals surface area contributed by atoms with Crippen LogP contribution in [0.4, 0.5) is 0 Å². The van der Waals surface area contributed by atoms with Crippen LogP contribution in [0.15, 0.2) is 0 Å². The van der Waals surface area contributed by atoms with Crippen molar-refractivity contribution in [2.45, 2.75) is 50.8 Å². The topological polar surface area (TPSA) is 0 Å². The van der Waals surface area contributed by atoms with Crippen LogP contribution in [0.2, 0.25) is 0 Å². The average molecular weight is 219 g/mol. The fraction of sp³-hybridized carbons (Fsp3) is 1.00. The lowest BCUT2D eigenvalue weighted by Gasteiger charge is -2.16. The maximum atomic E-state index is 3.76. The molecule has 1 heteroatoms. The zero-order valence-electron chi connectivity index (χ0n) is 7.65. The van der Waals surface area contributed by atoms with Crippen molar-refractivity contribution in [3.63, 3.8) is 0 Å². The van der Waals surface area contributed by atoms with Gasteiger partial charge in [0.1, 0.15) is 0 Å². The Hall–Kier alpha value is 0.480. The van der Waals surface area contributed by atoms with Gasteiger partial charge in [0, 0.05) is 4.83 Å². The Morgan fingerprint density at radius 1 is 1.45 bits per heavy atom. The summed E-state index contributed by atoms with van der Waals surface area (Å²) in [6.45, 7) is 4.64. The third-order valence-corrected chi connectivity index (χ3v) is 3.94. The normalized spacial score (nSPS) is 23.2. The van der Waals surface area contributed by atoms with E-state index in [9.17, 15) is 0 Å². The lowest BCUT2D eigenvalue weighted by molar-refractivity contribution is 0.464. The van der Waals surface area contributed by atoms with Crippen molar-refractivity contribution in [1.29, 1.82) is 0 Å². The summed E-state index contributed by atoms with van der Waals surface area (Å²) in [5.74, 6) is 1.98. The van der Waals surface area contributed by atoms with Gasteiger partial charge in [0.05, 0.1) is 0 Å². The molecule has 0 N–H and O–H groups in total. The number of hydrogen-bond acceptors (Lipinski definition) is 0. The van der Waals surface area contributed by atoms with E-state index in [1.807, 2.05) is 0 Å². The van der Waals surface area contributed by atoms with Crippen LogP contribution in [0.25, 0.3) is 0 Å². The summed E-state index contributed by atoms with van der Waals surface area (Å²) in [6.07, 6.45) is 7.10. The van der Waals surface area contributed by atoms with Crippen LogP contribution >= 0.6 is 15.9 Å². The molecule has 1 aliphatic rings. The van der Waals surface area contributed by atoms with E-state index in [4.69, 9.17) is 0 Å². The van der Waals surface area contributed by atoms with E-state index in [-0.39, 0.29) is 0 Å². The average Bonchev–Trinajstić information content (AvgIpc) is 2.72. The maximum absolute atomic E-state index is 3.76. The molecule has 1 rings (SSSR count). The molecule has 11 heavy (non-hydrogen) atoms. The Morgan fingerprint density at radius 3 is 2.55 bits per heavy atom. The highest BCUT2D eigenvalue weighted by atomic mass is 79.9. The Labute approximate surface area is 78.9 Å². The predicted molar refractivity (Wildman–Crippen MR) is 54.1 cm³/mol. The molecule has 66 valence electrons. The van der Waals surface area contributed by atoms with Gasteiger partial charge in [-0.25, -0.2) is 0 Å². The molecular formula is C10H19Br. The first-order valence-electron chi connectivity index (χ1n) is 4.88. The first-order chi connectivity index (χ1) is 5.24. The van der Waals surface area contributed by atoms with Gasteiger partial charge in [0.15, 0.2) is 0 Å². The van der Waals surface area contributed by atoms with Crippen molar-refractivity contribution >= 4 is 15.9 Å².